The summed E-state index contributed by atoms with van der Waals surface area (Å²) in [6, 6.07) is 56.5. The van der Waals surface area contributed by atoms with Gasteiger partial charge in [0.05, 0.1) is 35.8 Å². The maximum atomic E-state index is 13.7. The Balaban J connectivity index is 0.000000189. The topological polar surface area (TPSA) is 269 Å². The maximum absolute atomic E-state index is 13.7. The molecule has 0 aliphatic heterocycles. The molecule has 9 rings (SSSR count). The van der Waals surface area contributed by atoms with E-state index in [1.165, 1.54) is 44.6 Å². The molecule has 456 valence electrons. The molecule has 0 heterocycles. The van der Waals surface area contributed by atoms with E-state index in [4.69, 9.17) is 24.8 Å². The highest BCUT2D eigenvalue weighted by Gasteiger charge is 2.22. The Morgan fingerprint density at radius 1 is 0.386 bits per heavy atom. The van der Waals surface area contributed by atoms with E-state index in [2.05, 4.69) is 14.2 Å². The molecule has 0 unspecified atom stereocenters. The van der Waals surface area contributed by atoms with Crippen molar-refractivity contribution < 1.29 is 68.8 Å². The summed E-state index contributed by atoms with van der Waals surface area (Å²) >= 11 is 0. The number of carboxylic acid groups (broad SMARTS) is 3. The number of aromatic carboxylic acids is 3. The number of carboxylic acids is 3. The van der Waals surface area contributed by atoms with E-state index < -0.39 is 58.7 Å². The highest BCUT2D eigenvalue weighted by atomic mass is 32.2. The minimum absolute atomic E-state index is 0.0169. The number of benzene rings is 9. The minimum atomic E-state index is -4.01. The average Bonchev–Trinajstić information content (AvgIpc) is 1.93. The zero-order chi connectivity index (χ0) is 63.6. The van der Waals surface area contributed by atoms with Gasteiger partial charge in [-0.1, -0.05) is 103 Å². The van der Waals surface area contributed by atoms with Crippen LogP contribution in [0.5, 0.6) is 11.5 Å². The predicted octanol–water partition coefficient (Wildman–Crippen LogP) is 12.7. The van der Waals surface area contributed by atoms with Crippen molar-refractivity contribution >= 4 is 65.0 Å². The smallest absolute Gasteiger partial charge is 0.335 e. The molecule has 0 saturated carbocycles. The number of nitrogens with one attached hydrogen (secondary N) is 3. The zero-order valence-corrected chi connectivity index (χ0v) is 50.8. The number of hydrogen-bond acceptors (Lipinski definition) is 11. The number of halogens is 1. The summed E-state index contributed by atoms with van der Waals surface area (Å²) in [6.45, 7) is 3.71. The molecule has 0 saturated heterocycles. The van der Waals surface area contributed by atoms with E-state index in [1.807, 2.05) is 55.5 Å². The Morgan fingerprint density at radius 3 is 1.12 bits per heavy atom. The monoisotopic (exact) mass is 1250 g/mol. The number of rotatable bonds is 23. The van der Waals surface area contributed by atoms with Crippen LogP contribution < -0.4 is 23.6 Å². The standard InChI is InChI=1S/C23H23NO6S.C23H23NO4S.C21H18FNO4S/c1-29-20-12-13-21(30-2)22(15-20)31(27,28)24-19-10-8-16(9-11-19)6-7-17-4-3-5-18(14-17)23(25)26;1-16-6-13-22(17(2)14-16)29(27,28)24-21-11-9-18(10-12-21)7-8-19-4-3-5-20(15-19)23(25)26;22-19-6-1-2-7-20(19)28(26,27)23-18-12-10-15(11-13-18)8-9-16-4-3-5-17(14-16)21(24)25/h3-5,8-15,24H,6-7H2,1-2H3,(H,25,26);3-6,9-15,24H,7-8H2,1-2H3,(H,25,26);1-7,10-14,23H,8-9H2,(H,24,25). The number of anilines is 3. The molecule has 0 fully saturated rings. The second-order valence-electron chi connectivity index (χ2n) is 20.1. The van der Waals surface area contributed by atoms with Gasteiger partial charge in [0.25, 0.3) is 30.1 Å². The van der Waals surface area contributed by atoms with Gasteiger partial charge >= 0.3 is 17.9 Å². The van der Waals surface area contributed by atoms with Crippen LogP contribution in [0.4, 0.5) is 21.5 Å². The van der Waals surface area contributed by atoms with Gasteiger partial charge in [0.15, 0.2) is 0 Å². The summed E-state index contributed by atoms with van der Waals surface area (Å²) in [5.74, 6) is -3.04. The molecule has 0 radical (unpaired) electrons. The van der Waals surface area contributed by atoms with Crippen LogP contribution in [-0.2, 0) is 68.6 Å². The second-order valence-corrected chi connectivity index (χ2v) is 25.1. The minimum Gasteiger partial charge on any atom is -0.497 e. The molecule has 0 aliphatic rings. The lowest BCUT2D eigenvalue weighted by molar-refractivity contribution is 0.0686. The van der Waals surface area contributed by atoms with Crippen LogP contribution in [0.1, 0.15) is 75.6 Å². The van der Waals surface area contributed by atoms with Gasteiger partial charge in [-0.15, -0.1) is 0 Å². The van der Waals surface area contributed by atoms with E-state index in [0.717, 1.165) is 51.4 Å². The molecule has 6 N–H and O–H groups in total. The van der Waals surface area contributed by atoms with Gasteiger partial charge in [0, 0.05) is 23.1 Å². The molecule has 88 heavy (non-hydrogen) atoms. The van der Waals surface area contributed by atoms with Gasteiger partial charge < -0.3 is 24.8 Å². The fourth-order valence-corrected chi connectivity index (χ4v) is 12.7. The summed E-state index contributed by atoms with van der Waals surface area (Å²) in [6.07, 6.45) is 4.12. The van der Waals surface area contributed by atoms with Crippen LogP contribution in [-0.4, -0.2) is 72.7 Å². The van der Waals surface area contributed by atoms with Crippen LogP contribution in [0.15, 0.2) is 221 Å². The number of aryl methyl sites for hydroxylation is 8. The summed E-state index contributed by atoms with van der Waals surface area (Å²) < 4.78 is 107. The van der Waals surface area contributed by atoms with Crippen LogP contribution in [0.3, 0.4) is 0 Å². The molecule has 0 spiro atoms. The van der Waals surface area contributed by atoms with Crippen LogP contribution >= 0.6 is 0 Å². The van der Waals surface area contributed by atoms with E-state index >= 15 is 0 Å². The van der Waals surface area contributed by atoms with Gasteiger partial charge in [-0.05, 0) is 194 Å². The lowest BCUT2D eigenvalue weighted by atomic mass is 10.0. The normalized spacial score (nSPS) is 11.1. The lowest BCUT2D eigenvalue weighted by Crippen LogP contribution is -2.14. The lowest BCUT2D eigenvalue weighted by Gasteiger charge is -2.13. The molecular weight excluding hydrogens is 1190 g/mol. The fraction of sp³-hybridized carbons (Fsp3) is 0.149. The third kappa shape index (κ3) is 18.8. The third-order valence-electron chi connectivity index (χ3n) is 13.7. The van der Waals surface area contributed by atoms with Gasteiger partial charge in [0.1, 0.15) is 27.1 Å². The molecule has 0 amide bonds. The Morgan fingerprint density at radius 2 is 0.761 bits per heavy atom. The maximum Gasteiger partial charge on any atom is 0.335 e. The van der Waals surface area contributed by atoms with Crippen LogP contribution in [0.2, 0.25) is 0 Å². The largest absolute Gasteiger partial charge is 0.497 e. The molecule has 0 aliphatic carbocycles. The van der Waals surface area contributed by atoms with E-state index in [-0.39, 0.29) is 32.2 Å². The zero-order valence-electron chi connectivity index (χ0n) is 48.3. The van der Waals surface area contributed by atoms with Crippen molar-refractivity contribution in [1.29, 1.82) is 0 Å². The average molecular weight is 1250 g/mol. The summed E-state index contributed by atoms with van der Waals surface area (Å²) in [4.78, 5) is 33.0. The first-order valence-electron chi connectivity index (χ1n) is 27.3. The Bertz CT molecular complexity index is 4280. The number of hydrogen-bond donors (Lipinski definition) is 6. The molecule has 9 aromatic carbocycles. The SMILES string of the molecule is COc1ccc(OC)c(S(=O)(=O)Nc2ccc(CCc3cccc(C(=O)O)c3)cc2)c1.Cc1ccc(S(=O)(=O)Nc2ccc(CCc3cccc(C(=O)O)c3)cc2)c(C)c1.O=C(O)c1cccc(CCc2ccc(NS(=O)(=O)c3ccccc3F)cc2)c1. The van der Waals surface area contributed by atoms with Gasteiger partial charge in [0.2, 0.25) is 0 Å². The fourth-order valence-electron chi connectivity index (χ4n) is 9.05. The first-order valence-corrected chi connectivity index (χ1v) is 31.7. The first kappa shape index (κ1) is 65.7. The summed E-state index contributed by atoms with van der Waals surface area (Å²) in [5, 5.41) is 27.2. The first-order chi connectivity index (χ1) is 41.9. The molecule has 9 aromatic rings. The second kappa shape index (κ2) is 30.0. The van der Waals surface area contributed by atoms with E-state index in [1.54, 1.807) is 128 Å². The highest BCUT2D eigenvalue weighted by Crippen LogP contribution is 2.30. The molecule has 17 nitrogen and oxygen atoms in total. The summed E-state index contributed by atoms with van der Waals surface area (Å²) in [5.41, 5.74) is 9.55. The quantitative estimate of drug-likeness (QED) is 0.0348. The summed E-state index contributed by atoms with van der Waals surface area (Å²) in [7, 11) is -8.67. The van der Waals surface area contributed by atoms with E-state index in [0.29, 0.717) is 60.5 Å². The molecule has 21 heteroatoms. The van der Waals surface area contributed by atoms with Crippen molar-refractivity contribution in [3.63, 3.8) is 0 Å². The molecule has 0 atom stereocenters. The Kier molecular flexibility index (Phi) is 22.4. The predicted molar refractivity (Wildman–Crippen MR) is 336 cm³/mol. The molecule has 0 aromatic heterocycles. The van der Waals surface area contributed by atoms with Crippen molar-refractivity contribution in [2.24, 2.45) is 0 Å². The van der Waals surface area contributed by atoms with Crippen LogP contribution in [0, 0.1) is 19.7 Å². The number of sulfonamides is 3. The third-order valence-corrected chi connectivity index (χ3v) is 18.0. The van der Waals surface area contributed by atoms with Crippen molar-refractivity contribution in [2.45, 2.75) is 67.1 Å². The molecule has 0 bridgehead atoms. The highest BCUT2D eigenvalue weighted by molar-refractivity contribution is 7.93. The van der Waals surface area contributed by atoms with Gasteiger partial charge in [-0.2, -0.15) is 0 Å². The number of ether oxygens (including phenoxy) is 2. The Hall–Kier alpha value is -9.83. The Labute approximate surface area is 511 Å². The van der Waals surface area contributed by atoms with Crippen molar-refractivity contribution in [3.05, 3.63) is 273 Å². The number of carbonyl (C=O) groups is 3. The van der Waals surface area contributed by atoms with Gasteiger partial charge in [-0.3, -0.25) is 14.2 Å². The number of methoxy groups -OCH3 is 2. The van der Waals surface area contributed by atoms with Crippen LogP contribution in [0.25, 0.3) is 0 Å². The van der Waals surface area contributed by atoms with Crippen molar-refractivity contribution in [2.75, 3.05) is 28.4 Å². The van der Waals surface area contributed by atoms with Gasteiger partial charge in [-0.25, -0.2) is 44.0 Å². The molecular formula is C67H64FN3O14S3. The van der Waals surface area contributed by atoms with Crippen molar-refractivity contribution in [1.82, 2.24) is 0 Å². The van der Waals surface area contributed by atoms with Crippen molar-refractivity contribution in [3.8, 4) is 11.5 Å². The van der Waals surface area contributed by atoms with E-state index in [9.17, 15) is 44.0 Å².